The molecule has 1 rings (SSSR count). The van der Waals surface area contributed by atoms with Crippen LogP contribution in [0.1, 0.15) is 6.92 Å². The van der Waals surface area contributed by atoms with Crippen molar-refractivity contribution in [2.24, 2.45) is 0 Å². The highest BCUT2D eigenvalue weighted by molar-refractivity contribution is 9.10. The Hall–Kier alpha value is -0.920. The third-order valence-electron chi connectivity index (χ3n) is 1.98. The van der Waals surface area contributed by atoms with E-state index >= 15 is 0 Å². The highest BCUT2D eigenvalue weighted by Crippen LogP contribution is 2.20. The smallest absolute Gasteiger partial charge is 0.239 e. The Labute approximate surface area is 109 Å². The van der Waals surface area contributed by atoms with Crippen LogP contribution >= 0.6 is 15.9 Å². The molecule has 0 radical (unpaired) electrons. The molecule has 5 nitrogen and oxygen atoms in total. The highest BCUT2D eigenvalue weighted by atomic mass is 79.9. The lowest BCUT2D eigenvalue weighted by Crippen LogP contribution is -2.33. The molecule has 0 saturated carbocycles. The molecule has 0 unspecified atom stereocenters. The summed E-state index contributed by atoms with van der Waals surface area (Å²) >= 11 is 3.28. The van der Waals surface area contributed by atoms with E-state index in [1.807, 2.05) is 6.07 Å². The van der Waals surface area contributed by atoms with Crippen molar-refractivity contribution in [2.75, 3.05) is 17.6 Å². The number of benzene rings is 1. The average Bonchev–Trinajstić information content (AvgIpc) is 2.30. The van der Waals surface area contributed by atoms with E-state index in [-0.39, 0.29) is 12.3 Å². The minimum absolute atomic E-state index is 0.0463. The predicted molar refractivity (Wildman–Crippen MR) is 70.2 cm³/mol. The quantitative estimate of drug-likeness (QED) is 0.859. The molecule has 17 heavy (non-hydrogen) atoms. The second kappa shape index (κ2) is 6.13. The Balaban J connectivity index is 2.54. The Morgan fingerprint density at radius 2 is 2.00 bits per heavy atom. The summed E-state index contributed by atoms with van der Waals surface area (Å²) in [6, 6.07) is 7.10. The normalized spacial score (nSPS) is 11.2. The monoisotopic (exact) mass is 320 g/mol. The van der Waals surface area contributed by atoms with Gasteiger partial charge in [-0.05, 0) is 35.0 Å². The third kappa shape index (κ3) is 4.84. The number of rotatable bonds is 5. The molecule has 7 heteroatoms. The fourth-order valence-electron chi connectivity index (χ4n) is 1.03. The number of carbonyl (C=O) groups is 1. The molecular weight excluding hydrogens is 308 g/mol. The average molecular weight is 321 g/mol. The summed E-state index contributed by atoms with van der Waals surface area (Å²) in [7, 11) is -3.34. The van der Waals surface area contributed by atoms with Gasteiger partial charge in [0, 0.05) is 4.47 Å². The van der Waals surface area contributed by atoms with E-state index in [9.17, 15) is 13.2 Å². The summed E-state index contributed by atoms with van der Waals surface area (Å²) in [6.07, 6.45) is 0. The lowest BCUT2D eigenvalue weighted by molar-refractivity contribution is -0.115. The molecule has 94 valence electrons. The molecule has 0 aliphatic carbocycles. The van der Waals surface area contributed by atoms with E-state index in [1.165, 1.54) is 6.92 Å². The molecule has 1 aromatic carbocycles. The van der Waals surface area contributed by atoms with Crippen molar-refractivity contribution in [3.63, 3.8) is 0 Å². The lowest BCUT2D eigenvalue weighted by Gasteiger charge is -2.07. The number of carbonyl (C=O) groups excluding carboxylic acids is 1. The van der Waals surface area contributed by atoms with Gasteiger partial charge in [-0.1, -0.05) is 12.1 Å². The topological polar surface area (TPSA) is 75.3 Å². The van der Waals surface area contributed by atoms with Crippen molar-refractivity contribution in [1.82, 2.24) is 4.72 Å². The number of amides is 1. The van der Waals surface area contributed by atoms with Gasteiger partial charge in [-0.3, -0.25) is 4.79 Å². The predicted octanol–water partition coefficient (Wildman–Crippen LogP) is 1.33. The zero-order chi connectivity index (χ0) is 12.9. The van der Waals surface area contributed by atoms with Crippen molar-refractivity contribution < 1.29 is 13.2 Å². The second-order valence-electron chi connectivity index (χ2n) is 3.25. The number of hydrogen-bond acceptors (Lipinski definition) is 3. The molecule has 0 aliphatic rings. The molecule has 0 aromatic heterocycles. The van der Waals surface area contributed by atoms with Crippen LogP contribution in [0.3, 0.4) is 0 Å². The van der Waals surface area contributed by atoms with Crippen LogP contribution in [0.15, 0.2) is 28.7 Å². The van der Waals surface area contributed by atoms with Gasteiger partial charge < -0.3 is 5.32 Å². The molecule has 1 amide bonds. The van der Waals surface area contributed by atoms with Crippen molar-refractivity contribution in [3.05, 3.63) is 28.7 Å². The first-order chi connectivity index (χ1) is 7.94. The summed E-state index contributed by atoms with van der Waals surface area (Å²) in [4.78, 5) is 11.5. The molecule has 0 atom stereocenters. The van der Waals surface area contributed by atoms with Crippen LogP contribution in [0.5, 0.6) is 0 Å². The van der Waals surface area contributed by atoms with Gasteiger partial charge in [-0.15, -0.1) is 0 Å². The first-order valence-corrected chi connectivity index (χ1v) is 7.41. The molecule has 0 aliphatic heterocycles. The Morgan fingerprint density at radius 1 is 1.35 bits per heavy atom. The van der Waals surface area contributed by atoms with Gasteiger partial charge in [-0.25, -0.2) is 13.1 Å². The second-order valence-corrected chi connectivity index (χ2v) is 6.20. The fraction of sp³-hybridized carbons (Fsp3) is 0.300. The van der Waals surface area contributed by atoms with Gasteiger partial charge in [-0.2, -0.15) is 0 Å². The van der Waals surface area contributed by atoms with Crippen LogP contribution in [-0.2, 0) is 14.8 Å². The van der Waals surface area contributed by atoms with Gasteiger partial charge in [0.15, 0.2) is 0 Å². The number of nitrogens with one attached hydrogen (secondary N) is 2. The molecule has 2 N–H and O–H groups in total. The maximum atomic E-state index is 11.5. The summed E-state index contributed by atoms with van der Waals surface area (Å²) in [5.74, 6) is -0.455. The van der Waals surface area contributed by atoms with Gasteiger partial charge in [0.05, 0.1) is 18.0 Å². The largest absolute Gasteiger partial charge is 0.324 e. The van der Waals surface area contributed by atoms with Gasteiger partial charge in [0.25, 0.3) is 0 Å². The maximum absolute atomic E-state index is 11.5. The van der Waals surface area contributed by atoms with E-state index in [2.05, 4.69) is 26.0 Å². The van der Waals surface area contributed by atoms with E-state index in [4.69, 9.17) is 0 Å². The molecule has 0 bridgehead atoms. The van der Waals surface area contributed by atoms with Crippen molar-refractivity contribution in [2.45, 2.75) is 6.92 Å². The molecule has 0 fully saturated rings. The highest BCUT2D eigenvalue weighted by Gasteiger charge is 2.10. The van der Waals surface area contributed by atoms with Crippen LogP contribution in [-0.4, -0.2) is 26.6 Å². The van der Waals surface area contributed by atoms with Gasteiger partial charge >= 0.3 is 0 Å². The Bertz CT molecular complexity index is 502. The van der Waals surface area contributed by atoms with E-state index in [1.54, 1.807) is 18.2 Å². The Morgan fingerprint density at radius 3 is 2.59 bits per heavy atom. The number of hydrogen-bond donors (Lipinski definition) is 2. The molecule has 0 spiro atoms. The maximum Gasteiger partial charge on any atom is 0.239 e. The minimum atomic E-state index is -3.34. The third-order valence-corrected chi connectivity index (χ3v) is 4.02. The van der Waals surface area contributed by atoms with E-state index in [0.29, 0.717) is 5.69 Å². The number of para-hydroxylation sites is 1. The first kappa shape index (κ1) is 14.1. The SMILES string of the molecule is CCS(=O)(=O)NCC(=O)Nc1ccccc1Br. The van der Waals surface area contributed by atoms with Gasteiger partial charge in [0.2, 0.25) is 15.9 Å². The van der Waals surface area contributed by atoms with Crippen LogP contribution in [0.4, 0.5) is 5.69 Å². The van der Waals surface area contributed by atoms with Gasteiger partial charge in [0.1, 0.15) is 0 Å². The summed E-state index contributed by atoms with van der Waals surface area (Å²) < 4.78 is 25.2. The molecular formula is C10H13BrN2O3S. The standard InChI is InChI=1S/C10H13BrN2O3S/c1-2-17(15,16)12-7-10(14)13-9-6-4-3-5-8(9)11/h3-6,12H,2,7H2,1H3,(H,13,14). The molecule has 0 heterocycles. The van der Waals surface area contributed by atoms with Crippen molar-refractivity contribution >= 4 is 37.5 Å². The van der Waals surface area contributed by atoms with Crippen LogP contribution in [0.2, 0.25) is 0 Å². The van der Waals surface area contributed by atoms with Crippen molar-refractivity contribution in [3.8, 4) is 0 Å². The zero-order valence-corrected chi connectivity index (χ0v) is 11.6. The number of anilines is 1. The molecule has 0 saturated heterocycles. The Kier molecular flexibility index (Phi) is 5.10. The van der Waals surface area contributed by atoms with Crippen LogP contribution in [0, 0.1) is 0 Å². The fourth-order valence-corrected chi connectivity index (χ4v) is 1.97. The summed E-state index contributed by atoms with van der Waals surface area (Å²) in [5, 5.41) is 2.59. The van der Waals surface area contributed by atoms with E-state index in [0.717, 1.165) is 4.47 Å². The molecule has 1 aromatic rings. The first-order valence-electron chi connectivity index (χ1n) is 4.96. The van der Waals surface area contributed by atoms with Crippen LogP contribution < -0.4 is 10.0 Å². The van der Waals surface area contributed by atoms with Crippen molar-refractivity contribution in [1.29, 1.82) is 0 Å². The minimum Gasteiger partial charge on any atom is -0.324 e. The zero-order valence-electron chi connectivity index (χ0n) is 9.23. The summed E-state index contributed by atoms with van der Waals surface area (Å²) in [5.41, 5.74) is 0.605. The van der Waals surface area contributed by atoms with Crippen LogP contribution in [0.25, 0.3) is 0 Å². The number of halogens is 1. The lowest BCUT2D eigenvalue weighted by atomic mass is 10.3. The van der Waals surface area contributed by atoms with E-state index < -0.39 is 15.9 Å². The number of sulfonamides is 1. The summed E-state index contributed by atoms with van der Waals surface area (Å²) in [6.45, 7) is 1.24.